The lowest BCUT2D eigenvalue weighted by Crippen LogP contribution is -2.40. The van der Waals surface area contributed by atoms with Gasteiger partial charge in [-0.1, -0.05) is 53.9 Å². The van der Waals surface area contributed by atoms with Gasteiger partial charge in [-0.05, 0) is 20.8 Å². The number of hydrogen-bond acceptors (Lipinski definition) is 6. The lowest BCUT2D eigenvalue weighted by atomic mass is 10.1. The number of carbonyl (C=O) groups excluding carboxylic acids is 1. The molecule has 0 saturated carbocycles. The second-order valence-corrected chi connectivity index (χ2v) is 6.46. The van der Waals surface area contributed by atoms with Crippen LogP contribution in [0.15, 0.2) is 30.3 Å². The molecule has 1 heterocycles. The molecule has 0 spiro atoms. The van der Waals surface area contributed by atoms with E-state index in [0.717, 1.165) is 5.56 Å². The maximum Gasteiger partial charge on any atom is 0.369 e. The van der Waals surface area contributed by atoms with E-state index in [1.54, 1.807) is 6.92 Å². The third-order valence-electron chi connectivity index (χ3n) is 2.87. The fourth-order valence-corrected chi connectivity index (χ4v) is 2.94. The van der Waals surface area contributed by atoms with E-state index in [4.69, 9.17) is 17.0 Å². The van der Waals surface area contributed by atoms with Gasteiger partial charge in [0.15, 0.2) is 0 Å². The Hall–Kier alpha value is -1.86. The Morgan fingerprint density at radius 1 is 1.32 bits per heavy atom. The van der Waals surface area contributed by atoms with Crippen molar-refractivity contribution in [2.45, 2.75) is 26.3 Å². The van der Waals surface area contributed by atoms with Crippen molar-refractivity contribution in [3.8, 4) is 0 Å². The van der Waals surface area contributed by atoms with Gasteiger partial charge in [0.1, 0.15) is 10.00 Å². The molecular weight excluding hydrogens is 318 g/mol. The summed E-state index contributed by atoms with van der Waals surface area (Å²) in [5, 5.41) is 12.2. The van der Waals surface area contributed by atoms with Gasteiger partial charge in [0, 0.05) is 5.56 Å². The molecule has 0 bridgehead atoms. The van der Waals surface area contributed by atoms with Crippen LogP contribution in [0.3, 0.4) is 0 Å². The van der Waals surface area contributed by atoms with E-state index >= 15 is 0 Å². The highest BCUT2D eigenvalue weighted by molar-refractivity contribution is 7.80. The lowest BCUT2D eigenvalue weighted by Gasteiger charge is -2.25. The molecule has 0 saturated heterocycles. The van der Waals surface area contributed by atoms with Crippen molar-refractivity contribution in [3.05, 3.63) is 45.9 Å². The quantitative estimate of drug-likeness (QED) is 0.669. The molecular formula is C15H17N3O2S2. The molecule has 0 fully saturated rings. The third-order valence-corrected chi connectivity index (χ3v) is 4.44. The Kier molecular flexibility index (Phi) is 5.20. The molecule has 1 N–H and O–H groups in total. The summed E-state index contributed by atoms with van der Waals surface area (Å²) < 4.78 is 4.93. The van der Waals surface area contributed by atoms with Crippen LogP contribution in [0.4, 0.5) is 0 Å². The molecule has 2 rings (SSSR count). The predicted molar refractivity (Wildman–Crippen MR) is 90.2 cm³/mol. The van der Waals surface area contributed by atoms with Crippen LogP contribution in [0, 0.1) is 0 Å². The number of aromatic nitrogens is 2. The first-order valence-electron chi connectivity index (χ1n) is 6.82. The smallest absolute Gasteiger partial charge is 0.369 e. The van der Waals surface area contributed by atoms with Gasteiger partial charge in [0.2, 0.25) is 5.01 Å². The number of ether oxygens (including phenoxy) is 1. The summed E-state index contributed by atoms with van der Waals surface area (Å²) in [5.74, 6) is -0.451. The van der Waals surface area contributed by atoms with Crippen LogP contribution in [0.1, 0.15) is 41.1 Å². The van der Waals surface area contributed by atoms with E-state index in [2.05, 4.69) is 15.5 Å². The Morgan fingerprint density at radius 3 is 2.64 bits per heavy atom. The van der Waals surface area contributed by atoms with Crippen molar-refractivity contribution in [1.82, 2.24) is 15.5 Å². The van der Waals surface area contributed by atoms with Gasteiger partial charge in [0.25, 0.3) is 0 Å². The van der Waals surface area contributed by atoms with Crippen LogP contribution in [0.2, 0.25) is 0 Å². The molecule has 1 aromatic carbocycles. The Bertz CT molecular complexity index is 668. The minimum absolute atomic E-state index is 0.248. The fourth-order valence-electron chi connectivity index (χ4n) is 1.75. The van der Waals surface area contributed by atoms with Crippen molar-refractivity contribution >= 4 is 34.5 Å². The van der Waals surface area contributed by atoms with Crippen LogP contribution in [0.25, 0.3) is 0 Å². The van der Waals surface area contributed by atoms with Gasteiger partial charge in [-0.25, -0.2) is 4.79 Å². The number of benzene rings is 1. The molecule has 0 radical (unpaired) electrons. The fraction of sp³-hybridized carbons (Fsp3) is 0.333. The van der Waals surface area contributed by atoms with E-state index in [9.17, 15) is 4.79 Å². The van der Waals surface area contributed by atoms with E-state index in [-0.39, 0.29) is 5.01 Å². The van der Waals surface area contributed by atoms with E-state index in [1.165, 1.54) is 11.3 Å². The van der Waals surface area contributed by atoms with Crippen LogP contribution >= 0.6 is 23.6 Å². The SMILES string of the molecule is CCOC(=O)c1nnc(C(C)(C)NC(=S)c2ccccc2)s1. The molecule has 0 unspecified atom stereocenters. The molecule has 116 valence electrons. The monoisotopic (exact) mass is 335 g/mol. The predicted octanol–water partition coefficient (Wildman–Crippen LogP) is 2.92. The highest BCUT2D eigenvalue weighted by Crippen LogP contribution is 2.24. The maximum absolute atomic E-state index is 11.7. The first-order valence-corrected chi connectivity index (χ1v) is 8.05. The molecule has 7 heteroatoms. The summed E-state index contributed by atoms with van der Waals surface area (Å²) >= 11 is 6.63. The van der Waals surface area contributed by atoms with Crippen molar-refractivity contribution in [1.29, 1.82) is 0 Å². The molecule has 0 atom stereocenters. The lowest BCUT2D eigenvalue weighted by molar-refractivity contribution is 0.0525. The van der Waals surface area contributed by atoms with Crippen molar-refractivity contribution in [2.24, 2.45) is 0 Å². The zero-order valence-corrected chi connectivity index (χ0v) is 14.3. The molecule has 0 amide bonds. The Balaban J connectivity index is 2.13. The second-order valence-electron chi connectivity index (χ2n) is 5.08. The number of thiocarbonyl (C=S) groups is 1. The van der Waals surface area contributed by atoms with Crippen molar-refractivity contribution in [3.63, 3.8) is 0 Å². The number of carbonyl (C=O) groups is 1. The second kappa shape index (κ2) is 6.93. The van der Waals surface area contributed by atoms with Crippen LogP contribution < -0.4 is 5.32 Å². The first kappa shape index (κ1) is 16.5. The molecule has 2 aromatic rings. The number of nitrogens with one attached hydrogen (secondary N) is 1. The summed E-state index contributed by atoms with van der Waals surface area (Å²) in [6.07, 6.45) is 0. The normalized spacial score (nSPS) is 11.0. The topological polar surface area (TPSA) is 64.1 Å². The van der Waals surface area contributed by atoms with Crippen LogP contribution in [0.5, 0.6) is 0 Å². The van der Waals surface area contributed by atoms with Gasteiger partial charge in [0.05, 0.1) is 12.1 Å². The van der Waals surface area contributed by atoms with Crippen LogP contribution in [-0.2, 0) is 10.3 Å². The molecule has 1 aromatic heterocycles. The number of nitrogens with zero attached hydrogens (tertiary/aromatic N) is 2. The first-order chi connectivity index (χ1) is 10.4. The third kappa shape index (κ3) is 3.86. The number of hydrogen-bond donors (Lipinski definition) is 1. The molecule has 0 aliphatic heterocycles. The van der Waals surface area contributed by atoms with Gasteiger partial charge in [-0.15, -0.1) is 10.2 Å². The molecule has 0 aliphatic carbocycles. The number of esters is 1. The van der Waals surface area contributed by atoms with E-state index in [1.807, 2.05) is 44.2 Å². The van der Waals surface area contributed by atoms with E-state index < -0.39 is 11.5 Å². The minimum atomic E-state index is -0.532. The van der Waals surface area contributed by atoms with E-state index in [0.29, 0.717) is 16.6 Å². The largest absolute Gasteiger partial charge is 0.461 e. The van der Waals surface area contributed by atoms with Crippen LogP contribution in [-0.4, -0.2) is 27.8 Å². The maximum atomic E-state index is 11.7. The Morgan fingerprint density at radius 2 is 2.00 bits per heavy atom. The molecule has 22 heavy (non-hydrogen) atoms. The zero-order valence-electron chi connectivity index (χ0n) is 12.6. The van der Waals surface area contributed by atoms with Crippen molar-refractivity contribution < 1.29 is 9.53 Å². The average Bonchev–Trinajstić information content (AvgIpc) is 2.99. The van der Waals surface area contributed by atoms with Gasteiger partial charge in [-0.3, -0.25) is 0 Å². The van der Waals surface area contributed by atoms with Crippen molar-refractivity contribution in [2.75, 3.05) is 6.61 Å². The highest BCUT2D eigenvalue weighted by atomic mass is 32.1. The average molecular weight is 335 g/mol. The number of rotatable bonds is 5. The summed E-state index contributed by atoms with van der Waals surface area (Å²) in [7, 11) is 0. The molecule has 0 aliphatic rings. The van der Waals surface area contributed by atoms with Gasteiger partial charge < -0.3 is 10.1 Å². The summed E-state index contributed by atoms with van der Waals surface area (Å²) in [6.45, 7) is 5.95. The highest BCUT2D eigenvalue weighted by Gasteiger charge is 2.28. The minimum Gasteiger partial charge on any atom is -0.461 e. The summed E-state index contributed by atoms with van der Waals surface area (Å²) in [5.41, 5.74) is 0.399. The summed E-state index contributed by atoms with van der Waals surface area (Å²) in [4.78, 5) is 12.3. The standard InChI is InChI=1S/C15H17N3O2S2/c1-4-20-13(19)12-17-18-14(22-12)15(2,3)16-11(21)10-8-6-5-7-9-10/h5-9H,4H2,1-3H3,(H,16,21). The molecule has 5 nitrogen and oxygen atoms in total. The zero-order chi connectivity index (χ0) is 16.2. The van der Waals surface area contributed by atoms with Gasteiger partial charge >= 0.3 is 5.97 Å². The Labute approximate surface area is 138 Å². The van der Waals surface area contributed by atoms with Gasteiger partial charge in [-0.2, -0.15) is 0 Å². The summed E-state index contributed by atoms with van der Waals surface area (Å²) in [6, 6.07) is 9.68.